The van der Waals surface area contributed by atoms with Crippen LogP contribution in [0.25, 0.3) is 0 Å². The van der Waals surface area contributed by atoms with Crippen LogP contribution in [-0.2, 0) is 6.42 Å². The van der Waals surface area contributed by atoms with Crippen molar-refractivity contribution in [2.75, 3.05) is 6.26 Å². The van der Waals surface area contributed by atoms with Gasteiger partial charge in [-0.15, -0.1) is 24.9 Å². The van der Waals surface area contributed by atoms with Crippen LogP contribution in [-0.4, -0.2) is 12.6 Å². The van der Waals surface area contributed by atoms with Gasteiger partial charge in [0.25, 0.3) is 0 Å². The summed E-state index contributed by atoms with van der Waals surface area (Å²) in [5.74, 6) is -0.116. The summed E-state index contributed by atoms with van der Waals surface area (Å²) in [6.45, 7) is 1.90. The molecule has 0 amide bonds. The molecule has 0 spiro atoms. The smallest absolute Gasteiger partial charge is 0.405 e. The highest BCUT2D eigenvalue weighted by molar-refractivity contribution is 7.98. The van der Waals surface area contributed by atoms with Gasteiger partial charge in [0.2, 0.25) is 0 Å². The van der Waals surface area contributed by atoms with Gasteiger partial charge in [-0.3, -0.25) is 0 Å². The molecule has 15 heavy (non-hydrogen) atoms. The minimum Gasteiger partial charge on any atom is -0.405 e. The van der Waals surface area contributed by atoms with E-state index in [1.54, 1.807) is 18.4 Å². The first-order chi connectivity index (χ1) is 6.98. The molecule has 0 bridgehead atoms. The monoisotopic (exact) mass is 236 g/mol. The molecular weight excluding hydrogens is 225 g/mol. The van der Waals surface area contributed by atoms with Crippen LogP contribution in [0.4, 0.5) is 13.2 Å². The second-order valence-electron chi connectivity index (χ2n) is 2.85. The Bertz CT molecular complexity index is 336. The van der Waals surface area contributed by atoms with Crippen molar-refractivity contribution in [1.29, 1.82) is 0 Å². The van der Waals surface area contributed by atoms with E-state index >= 15 is 0 Å². The minimum atomic E-state index is -4.63. The van der Waals surface area contributed by atoms with Crippen LogP contribution >= 0.6 is 11.8 Å². The highest BCUT2D eigenvalue weighted by Crippen LogP contribution is 2.34. The zero-order valence-corrected chi connectivity index (χ0v) is 9.21. The minimum absolute atomic E-state index is 0.116. The van der Waals surface area contributed by atoms with Crippen LogP contribution < -0.4 is 4.74 Å². The number of thioether (sulfide) groups is 1. The third kappa shape index (κ3) is 3.34. The van der Waals surface area contributed by atoms with Gasteiger partial charge in [-0.05, 0) is 24.3 Å². The lowest BCUT2D eigenvalue weighted by atomic mass is 10.1. The maximum absolute atomic E-state index is 12.1. The molecule has 0 saturated heterocycles. The standard InChI is InChI=1S/C10H11F3OS/c1-3-7-5-4-6-8(9(7)15-2)14-10(11,12)13/h4-6H,3H2,1-2H3. The number of halogens is 3. The number of hydrogen-bond donors (Lipinski definition) is 0. The molecule has 0 aromatic heterocycles. The number of rotatable bonds is 3. The topological polar surface area (TPSA) is 9.23 Å². The van der Waals surface area contributed by atoms with Crippen molar-refractivity contribution in [3.63, 3.8) is 0 Å². The Morgan fingerprint density at radius 3 is 2.47 bits per heavy atom. The first-order valence-electron chi connectivity index (χ1n) is 4.39. The van der Waals surface area contributed by atoms with Crippen LogP contribution in [0.1, 0.15) is 12.5 Å². The average Bonchev–Trinajstić information content (AvgIpc) is 2.15. The highest BCUT2D eigenvalue weighted by atomic mass is 32.2. The molecule has 0 aliphatic rings. The van der Waals surface area contributed by atoms with Gasteiger partial charge in [0.1, 0.15) is 5.75 Å². The third-order valence-corrected chi connectivity index (χ3v) is 2.74. The summed E-state index contributed by atoms with van der Waals surface area (Å²) < 4.78 is 40.1. The fourth-order valence-electron chi connectivity index (χ4n) is 1.28. The van der Waals surface area contributed by atoms with Crippen molar-refractivity contribution < 1.29 is 17.9 Å². The summed E-state index contributed by atoms with van der Waals surface area (Å²) >= 11 is 1.26. The molecule has 0 aliphatic heterocycles. The van der Waals surface area contributed by atoms with Crippen molar-refractivity contribution in [1.82, 2.24) is 0 Å². The molecule has 0 radical (unpaired) electrons. The maximum atomic E-state index is 12.1. The Hall–Kier alpha value is -0.840. The van der Waals surface area contributed by atoms with E-state index in [-0.39, 0.29) is 5.75 Å². The lowest BCUT2D eigenvalue weighted by Gasteiger charge is -2.14. The molecule has 84 valence electrons. The quantitative estimate of drug-likeness (QED) is 0.737. The maximum Gasteiger partial charge on any atom is 0.573 e. The van der Waals surface area contributed by atoms with E-state index in [0.717, 1.165) is 5.56 Å². The van der Waals surface area contributed by atoms with Crippen molar-refractivity contribution in [3.8, 4) is 5.75 Å². The van der Waals surface area contributed by atoms with E-state index in [2.05, 4.69) is 4.74 Å². The molecule has 0 saturated carbocycles. The number of alkyl halides is 3. The second-order valence-corrected chi connectivity index (χ2v) is 3.67. The van der Waals surface area contributed by atoms with Gasteiger partial charge in [0.05, 0.1) is 4.90 Å². The van der Waals surface area contributed by atoms with Crippen LogP contribution in [0, 0.1) is 0 Å². The van der Waals surface area contributed by atoms with Gasteiger partial charge >= 0.3 is 6.36 Å². The molecule has 0 atom stereocenters. The Balaban J connectivity index is 3.06. The zero-order valence-electron chi connectivity index (χ0n) is 8.39. The van der Waals surface area contributed by atoms with E-state index in [1.165, 1.54) is 17.8 Å². The molecule has 1 rings (SSSR count). The fraction of sp³-hybridized carbons (Fsp3) is 0.400. The molecule has 0 N–H and O–H groups in total. The Kier molecular flexibility index (Phi) is 3.90. The Morgan fingerprint density at radius 2 is 2.00 bits per heavy atom. The number of aryl methyl sites for hydroxylation is 1. The highest BCUT2D eigenvalue weighted by Gasteiger charge is 2.32. The largest absolute Gasteiger partial charge is 0.573 e. The van der Waals surface area contributed by atoms with E-state index < -0.39 is 6.36 Å². The van der Waals surface area contributed by atoms with E-state index in [9.17, 15) is 13.2 Å². The second kappa shape index (κ2) is 4.79. The summed E-state index contributed by atoms with van der Waals surface area (Å²) in [6, 6.07) is 4.70. The summed E-state index contributed by atoms with van der Waals surface area (Å²) in [6.07, 6.45) is -2.21. The molecule has 1 nitrogen and oxygen atoms in total. The lowest BCUT2D eigenvalue weighted by Crippen LogP contribution is -2.17. The zero-order chi connectivity index (χ0) is 11.5. The van der Waals surface area contributed by atoms with E-state index in [1.807, 2.05) is 6.92 Å². The summed E-state index contributed by atoms with van der Waals surface area (Å²) in [7, 11) is 0. The van der Waals surface area contributed by atoms with Crippen LogP contribution in [0.3, 0.4) is 0 Å². The van der Waals surface area contributed by atoms with Crippen LogP contribution in [0.5, 0.6) is 5.75 Å². The van der Waals surface area contributed by atoms with Gasteiger partial charge in [-0.25, -0.2) is 0 Å². The van der Waals surface area contributed by atoms with E-state index in [0.29, 0.717) is 11.3 Å². The molecule has 0 aliphatic carbocycles. The molecule has 0 fully saturated rings. The molecule has 1 aromatic carbocycles. The lowest BCUT2D eigenvalue weighted by molar-refractivity contribution is -0.275. The summed E-state index contributed by atoms with van der Waals surface area (Å²) in [5.41, 5.74) is 0.865. The summed E-state index contributed by atoms with van der Waals surface area (Å²) in [4.78, 5) is 0.553. The predicted octanol–water partition coefficient (Wildman–Crippen LogP) is 3.87. The Morgan fingerprint density at radius 1 is 1.33 bits per heavy atom. The van der Waals surface area contributed by atoms with E-state index in [4.69, 9.17) is 0 Å². The first kappa shape index (κ1) is 12.2. The normalized spacial score (nSPS) is 11.5. The molecule has 0 unspecified atom stereocenters. The number of ether oxygens (including phenoxy) is 1. The molecule has 5 heteroatoms. The third-order valence-electron chi connectivity index (χ3n) is 1.87. The molecule has 1 aromatic rings. The molecular formula is C10H11F3OS. The van der Waals surface area contributed by atoms with Gasteiger partial charge in [0, 0.05) is 0 Å². The summed E-state index contributed by atoms with van der Waals surface area (Å²) in [5, 5.41) is 0. The average molecular weight is 236 g/mol. The fourth-order valence-corrected chi connectivity index (χ4v) is 2.06. The van der Waals surface area contributed by atoms with Crippen molar-refractivity contribution >= 4 is 11.8 Å². The van der Waals surface area contributed by atoms with Crippen LogP contribution in [0.2, 0.25) is 0 Å². The first-order valence-corrected chi connectivity index (χ1v) is 5.62. The van der Waals surface area contributed by atoms with Crippen molar-refractivity contribution in [2.24, 2.45) is 0 Å². The van der Waals surface area contributed by atoms with Crippen LogP contribution in [0.15, 0.2) is 23.1 Å². The van der Waals surface area contributed by atoms with Gasteiger partial charge in [0.15, 0.2) is 0 Å². The Labute approximate surface area is 90.6 Å². The van der Waals surface area contributed by atoms with Gasteiger partial charge < -0.3 is 4.74 Å². The van der Waals surface area contributed by atoms with Crippen molar-refractivity contribution in [2.45, 2.75) is 24.6 Å². The number of hydrogen-bond acceptors (Lipinski definition) is 2. The van der Waals surface area contributed by atoms with Gasteiger partial charge in [-0.2, -0.15) is 0 Å². The van der Waals surface area contributed by atoms with Gasteiger partial charge in [-0.1, -0.05) is 19.1 Å². The predicted molar refractivity (Wildman–Crippen MR) is 54.3 cm³/mol. The molecule has 0 heterocycles. The SMILES string of the molecule is CCc1cccc(OC(F)(F)F)c1SC. The van der Waals surface area contributed by atoms with Crippen molar-refractivity contribution in [3.05, 3.63) is 23.8 Å². The number of benzene rings is 1.